The van der Waals surface area contributed by atoms with Gasteiger partial charge in [0, 0.05) is 35.7 Å². The molecule has 3 aromatic carbocycles. The van der Waals surface area contributed by atoms with Crippen molar-refractivity contribution in [3.05, 3.63) is 82.4 Å². The molecule has 5 rings (SSSR count). The van der Waals surface area contributed by atoms with Gasteiger partial charge in [0.05, 0.1) is 11.1 Å². The molecule has 0 saturated heterocycles. The molecule has 0 aliphatic carbocycles. The molecule has 0 saturated carbocycles. The van der Waals surface area contributed by atoms with Crippen molar-refractivity contribution in [2.24, 2.45) is 0 Å². The van der Waals surface area contributed by atoms with Crippen LogP contribution in [0.2, 0.25) is 0 Å². The molecule has 3 aromatic rings. The van der Waals surface area contributed by atoms with Crippen molar-refractivity contribution in [1.29, 1.82) is 0 Å². The van der Waals surface area contributed by atoms with Crippen molar-refractivity contribution in [2.75, 3.05) is 0 Å². The summed E-state index contributed by atoms with van der Waals surface area (Å²) in [5, 5.41) is 19.6. The van der Waals surface area contributed by atoms with Gasteiger partial charge in [0.25, 0.3) is 0 Å². The number of hydrogen-bond donors (Lipinski definition) is 2. The van der Waals surface area contributed by atoms with E-state index in [4.69, 9.17) is 14.2 Å². The summed E-state index contributed by atoms with van der Waals surface area (Å²) < 4.78 is 17.0. The summed E-state index contributed by atoms with van der Waals surface area (Å²) in [5.41, 5.74) is -0.531. The lowest BCUT2D eigenvalue weighted by Crippen LogP contribution is -2.33. The average molecular weight is 418 g/mol. The molecule has 0 radical (unpaired) electrons. The highest BCUT2D eigenvalue weighted by atomic mass is 16.6. The monoisotopic (exact) mass is 418 g/mol. The van der Waals surface area contributed by atoms with Crippen molar-refractivity contribution in [2.45, 2.75) is 12.5 Å². The number of carbonyl (C=O) groups excluding carboxylic acids is 2. The van der Waals surface area contributed by atoms with Crippen LogP contribution in [-0.4, -0.2) is 28.1 Å². The summed E-state index contributed by atoms with van der Waals surface area (Å²) in [6, 6.07) is 13.4. The number of aromatic carboxylic acids is 1. The lowest BCUT2D eigenvalue weighted by molar-refractivity contribution is -0.131. The minimum atomic E-state index is -1.50. The Labute approximate surface area is 175 Å². The van der Waals surface area contributed by atoms with Crippen molar-refractivity contribution < 1.29 is 38.8 Å². The second kappa shape index (κ2) is 6.33. The van der Waals surface area contributed by atoms with Gasteiger partial charge in [-0.25, -0.2) is 9.59 Å². The molecule has 0 amide bonds. The van der Waals surface area contributed by atoms with E-state index < -0.39 is 23.5 Å². The largest absolute Gasteiger partial charge is 0.508 e. The Morgan fingerprint density at radius 1 is 0.968 bits per heavy atom. The fourth-order valence-electron chi connectivity index (χ4n) is 4.15. The number of ether oxygens (including phenoxy) is 3. The quantitative estimate of drug-likeness (QED) is 0.479. The van der Waals surface area contributed by atoms with Crippen molar-refractivity contribution >= 4 is 17.9 Å². The topological polar surface area (TPSA) is 119 Å². The molecule has 0 fully saturated rings. The number of rotatable bonds is 2. The molecule has 2 N–H and O–H groups in total. The van der Waals surface area contributed by atoms with E-state index >= 15 is 0 Å². The molecule has 31 heavy (non-hydrogen) atoms. The molecule has 8 nitrogen and oxygen atoms in total. The van der Waals surface area contributed by atoms with Gasteiger partial charge in [0.2, 0.25) is 0 Å². The first-order valence-corrected chi connectivity index (χ1v) is 9.25. The van der Waals surface area contributed by atoms with Crippen molar-refractivity contribution in [3.63, 3.8) is 0 Å². The predicted octanol–water partition coefficient (Wildman–Crippen LogP) is 3.58. The summed E-state index contributed by atoms with van der Waals surface area (Å²) in [7, 11) is 0. The molecule has 1 spiro atoms. The Morgan fingerprint density at radius 2 is 1.68 bits per heavy atom. The summed E-state index contributed by atoms with van der Waals surface area (Å²) in [4.78, 5) is 36.0. The summed E-state index contributed by atoms with van der Waals surface area (Å²) in [6.45, 7) is 1.26. The van der Waals surface area contributed by atoms with Gasteiger partial charge in [-0.2, -0.15) is 0 Å². The lowest BCUT2D eigenvalue weighted by Gasteiger charge is -2.36. The van der Waals surface area contributed by atoms with Crippen LogP contribution in [0, 0.1) is 0 Å². The molecule has 154 valence electrons. The molecule has 1 unspecified atom stereocenters. The summed E-state index contributed by atoms with van der Waals surface area (Å²) in [6.07, 6.45) is 0. The van der Waals surface area contributed by atoms with Gasteiger partial charge < -0.3 is 24.4 Å². The van der Waals surface area contributed by atoms with Gasteiger partial charge in [0.15, 0.2) is 5.60 Å². The van der Waals surface area contributed by atoms with Crippen LogP contribution in [0.5, 0.6) is 23.0 Å². The van der Waals surface area contributed by atoms with Gasteiger partial charge in [0.1, 0.15) is 23.0 Å². The van der Waals surface area contributed by atoms with E-state index in [9.17, 15) is 24.6 Å². The zero-order valence-electron chi connectivity index (χ0n) is 16.0. The fraction of sp³-hybridized carbons (Fsp3) is 0.0870. The first kappa shape index (κ1) is 18.7. The van der Waals surface area contributed by atoms with Crippen LogP contribution in [0.4, 0.5) is 0 Å². The van der Waals surface area contributed by atoms with Crippen LogP contribution in [-0.2, 0) is 15.1 Å². The van der Waals surface area contributed by atoms with E-state index in [1.807, 2.05) is 0 Å². The maximum Gasteiger partial charge on any atom is 0.341 e. The third-order valence-electron chi connectivity index (χ3n) is 5.28. The van der Waals surface area contributed by atoms with Crippen molar-refractivity contribution in [3.8, 4) is 23.0 Å². The third kappa shape index (κ3) is 2.58. The molecule has 0 aromatic heterocycles. The predicted molar refractivity (Wildman–Crippen MR) is 105 cm³/mol. The number of phenolic OH excluding ortho intramolecular Hbond substituents is 1. The first-order chi connectivity index (χ1) is 14.8. The molecular weight excluding hydrogens is 404 g/mol. The van der Waals surface area contributed by atoms with E-state index in [1.54, 1.807) is 18.2 Å². The Balaban J connectivity index is 1.84. The van der Waals surface area contributed by atoms with E-state index in [-0.39, 0.29) is 34.1 Å². The first-order valence-electron chi connectivity index (χ1n) is 9.25. The molecular formula is C23H14O8. The smallest absolute Gasteiger partial charge is 0.341 e. The van der Waals surface area contributed by atoms with E-state index in [0.29, 0.717) is 16.7 Å². The van der Waals surface area contributed by atoms with E-state index in [2.05, 4.69) is 0 Å². The number of carbonyl (C=O) groups is 3. The van der Waals surface area contributed by atoms with Crippen LogP contribution < -0.4 is 9.47 Å². The number of esters is 2. The minimum Gasteiger partial charge on any atom is -0.508 e. The minimum absolute atomic E-state index is 0.0501. The number of hydrogen-bond acceptors (Lipinski definition) is 7. The highest BCUT2D eigenvalue weighted by molar-refractivity contribution is 6.06. The Kier molecular flexibility index (Phi) is 3.82. The zero-order valence-corrected chi connectivity index (χ0v) is 16.0. The summed E-state index contributed by atoms with van der Waals surface area (Å²) in [5.74, 6) is -1.97. The number of carboxylic acids is 1. The highest BCUT2D eigenvalue weighted by Gasteiger charge is 2.54. The maximum atomic E-state index is 12.9. The van der Waals surface area contributed by atoms with Gasteiger partial charge in [-0.3, -0.25) is 4.79 Å². The van der Waals surface area contributed by atoms with Gasteiger partial charge in [-0.15, -0.1) is 0 Å². The van der Waals surface area contributed by atoms with Crippen LogP contribution in [0.3, 0.4) is 0 Å². The molecule has 8 heteroatoms. The average Bonchev–Trinajstić information content (AvgIpc) is 3.00. The SMILES string of the molecule is CC(=O)Oc1ccc2c(c1)Oc1cc(O)ccc1C21OC(=O)c2c(C(=O)O)cccc21. The molecule has 2 heterocycles. The Morgan fingerprint density at radius 3 is 2.39 bits per heavy atom. The molecule has 2 aliphatic rings. The van der Waals surface area contributed by atoms with Crippen LogP contribution >= 0.6 is 0 Å². The van der Waals surface area contributed by atoms with E-state index in [1.165, 1.54) is 43.3 Å². The normalized spacial score (nSPS) is 17.8. The second-order valence-electron chi connectivity index (χ2n) is 7.14. The number of aromatic hydroxyl groups is 1. The van der Waals surface area contributed by atoms with Crippen LogP contribution in [0.25, 0.3) is 0 Å². The molecule has 0 bridgehead atoms. The van der Waals surface area contributed by atoms with Crippen molar-refractivity contribution in [1.82, 2.24) is 0 Å². The van der Waals surface area contributed by atoms with Crippen LogP contribution in [0.1, 0.15) is 44.3 Å². The fourth-order valence-corrected chi connectivity index (χ4v) is 4.15. The van der Waals surface area contributed by atoms with Crippen LogP contribution in [0.15, 0.2) is 54.6 Å². The lowest BCUT2D eigenvalue weighted by atomic mass is 9.77. The third-order valence-corrected chi connectivity index (χ3v) is 5.28. The number of benzene rings is 3. The summed E-state index contributed by atoms with van der Waals surface area (Å²) >= 11 is 0. The highest BCUT2D eigenvalue weighted by Crippen LogP contribution is 2.57. The van der Waals surface area contributed by atoms with Gasteiger partial charge >= 0.3 is 17.9 Å². The Bertz CT molecular complexity index is 1310. The number of phenols is 1. The van der Waals surface area contributed by atoms with E-state index in [0.717, 1.165) is 0 Å². The molecule has 1 atom stereocenters. The number of fused-ring (bicyclic) bond motifs is 6. The maximum absolute atomic E-state index is 12.9. The molecule has 2 aliphatic heterocycles. The van der Waals surface area contributed by atoms with Gasteiger partial charge in [-0.1, -0.05) is 12.1 Å². The zero-order chi connectivity index (χ0) is 21.9. The second-order valence-corrected chi connectivity index (χ2v) is 7.14. The number of carboxylic acid groups (broad SMARTS) is 1. The standard InChI is InChI=1S/C23H14O8/c1-11(24)29-13-6-8-16-19(10-13)30-18-9-12(25)5-7-15(18)23(16)17-4-2-3-14(21(26)27)20(17)22(28)31-23/h2-10,25H,1H3,(H,26,27). The van der Waals surface area contributed by atoms with Gasteiger partial charge in [-0.05, 0) is 30.3 Å². The Hall–Kier alpha value is -4.33.